The van der Waals surface area contributed by atoms with Crippen molar-refractivity contribution in [3.63, 3.8) is 0 Å². The SMILES string of the molecule is Cn1ccnc1C(N)C(C)(C)N1CCCCCC1. The minimum atomic E-state index is -0.0457. The van der Waals surface area contributed by atoms with Crippen LogP contribution < -0.4 is 5.73 Å². The first kappa shape index (κ1) is 13.6. The van der Waals surface area contributed by atoms with Crippen molar-refractivity contribution in [1.29, 1.82) is 0 Å². The zero-order valence-electron chi connectivity index (χ0n) is 11.9. The number of rotatable bonds is 3. The predicted molar refractivity (Wildman–Crippen MR) is 74.3 cm³/mol. The van der Waals surface area contributed by atoms with Crippen molar-refractivity contribution in [2.45, 2.75) is 51.1 Å². The summed E-state index contributed by atoms with van der Waals surface area (Å²) in [4.78, 5) is 6.95. The van der Waals surface area contributed by atoms with E-state index >= 15 is 0 Å². The Hall–Kier alpha value is -0.870. The van der Waals surface area contributed by atoms with Gasteiger partial charge in [0.05, 0.1) is 6.04 Å². The Morgan fingerprint density at radius 2 is 1.83 bits per heavy atom. The van der Waals surface area contributed by atoms with E-state index < -0.39 is 0 Å². The quantitative estimate of drug-likeness (QED) is 0.893. The first-order chi connectivity index (χ1) is 8.53. The molecular formula is C14H26N4. The Morgan fingerprint density at radius 3 is 2.33 bits per heavy atom. The maximum absolute atomic E-state index is 6.47. The highest BCUT2D eigenvalue weighted by atomic mass is 15.2. The van der Waals surface area contributed by atoms with E-state index in [2.05, 4.69) is 23.7 Å². The number of likely N-dealkylation sites (tertiary alicyclic amines) is 1. The Kier molecular flexibility index (Phi) is 4.07. The van der Waals surface area contributed by atoms with E-state index in [-0.39, 0.29) is 11.6 Å². The second-order valence-electron chi connectivity index (χ2n) is 5.93. The minimum Gasteiger partial charge on any atom is -0.337 e. The first-order valence-corrected chi connectivity index (χ1v) is 7.01. The van der Waals surface area contributed by atoms with Gasteiger partial charge in [-0.3, -0.25) is 4.90 Å². The molecule has 0 aromatic carbocycles. The van der Waals surface area contributed by atoms with Gasteiger partial charge in [0.25, 0.3) is 0 Å². The second kappa shape index (κ2) is 5.41. The predicted octanol–water partition coefficient (Wildman–Crippen LogP) is 2.07. The highest BCUT2D eigenvalue weighted by Crippen LogP contribution is 2.30. The topological polar surface area (TPSA) is 47.1 Å². The minimum absolute atomic E-state index is 0.0382. The fourth-order valence-electron chi connectivity index (χ4n) is 2.84. The molecule has 2 heterocycles. The maximum Gasteiger partial charge on any atom is 0.127 e. The molecule has 1 fully saturated rings. The van der Waals surface area contributed by atoms with Gasteiger partial charge in [0.1, 0.15) is 5.82 Å². The zero-order valence-corrected chi connectivity index (χ0v) is 11.9. The summed E-state index contributed by atoms with van der Waals surface area (Å²) >= 11 is 0. The Balaban J connectivity index is 2.16. The van der Waals surface area contributed by atoms with Crippen molar-refractivity contribution < 1.29 is 0 Å². The lowest BCUT2D eigenvalue weighted by Gasteiger charge is -2.42. The Labute approximate surface area is 110 Å². The van der Waals surface area contributed by atoms with Crippen LogP contribution in [0.3, 0.4) is 0 Å². The summed E-state index contributed by atoms with van der Waals surface area (Å²) in [5.74, 6) is 0.976. The smallest absolute Gasteiger partial charge is 0.127 e. The van der Waals surface area contributed by atoms with Crippen LogP contribution in [0.15, 0.2) is 12.4 Å². The van der Waals surface area contributed by atoms with Crippen molar-refractivity contribution in [2.75, 3.05) is 13.1 Å². The Bertz CT molecular complexity index is 375. The number of aromatic nitrogens is 2. The summed E-state index contributed by atoms with van der Waals surface area (Å²) in [6, 6.07) is -0.0457. The van der Waals surface area contributed by atoms with Gasteiger partial charge in [-0.1, -0.05) is 12.8 Å². The largest absolute Gasteiger partial charge is 0.337 e. The van der Waals surface area contributed by atoms with E-state index in [1.54, 1.807) is 0 Å². The number of hydrogen-bond acceptors (Lipinski definition) is 3. The molecule has 1 atom stereocenters. The molecule has 18 heavy (non-hydrogen) atoms. The number of nitrogens with zero attached hydrogens (tertiary/aromatic N) is 3. The molecule has 2 N–H and O–H groups in total. The normalized spacial score (nSPS) is 20.7. The highest BCUT2D eigenvalue weighted by molar-refractivity contribution is 5.07. The summed E-state index contributed by atoms with van der Waals surface area (Å²) in [6.45, 7) is 6.81. The van der Waals surface area contributed by atoms with Crippen LogP contribution in [0.2, 0.25) is 0 Å². The van der Waals surface area contributed by atoms with Gasteiger partial charge in [-0.2, -0.15) is 0 Å². The van der Waals surface area contributed by atoms with E-state index in [4.69, 9.17) is 5.73 Å². The van der Waals surface area contributed by atoms with Crippen LogP contribution in [-0.2, 0) is 7.05 Å². The van der Waals surface area contributed by atoms with E-state index in [1.807, 2.05) is 24.0 Å². The van der Waals surface area contributed by atoms with Gasteiger partial charge in [-0.15, -0.1) is 0 Å². The van der Waals surface area contributed by atoms with Crippen molar-refractivity contribution in [3.05, 3.63) is 18.2 Å². The van der Waals surface area contributed by atoms with E-state index in [0.29, 0.717) is 0 Å². The van der Waals surface area contributed by atoms with Crippen LogP contribution in [0.25, 0.3) is 0 Å². The standard InChI is InChI=1S/C14H26N4/c1-14(2,18-9-6-4-5-7-10-18)12(15)13-16-8-11-17(13)3/h8,11-12H,4-7,9-10,15H2,1-3H3. The van der Waals surface area contributed by atoms with E-state index in [1.165, 1.54) is 25.7 Å². The molecule has 0 spiro atoms. The third-order valence-electron chi connectivity index (χ3n) is 4.32. The lowest BCUT2D eigenvalue weighted by atomic mass is 9.92. The molecule has 0 radical (unpaired) electrons. The number of imidazole rings is 1. The molecule has 0 bridgehead atoms. The molecule has 1 aromatic heterocycles. The van der Waals surface area contributed by atoms with Crippen LogP contribution in [0.5, 0.6) is 0 Å². The summed E-state index contributed by atoms with van der Waals surface area (Å²) < 4.78 is 2.03. The van der Waals surface area contributed by atoms with Crippen LogP contribution in [0.4, 0.5) is 0 Å². The molecule has 2 rings (SSSR count). The second-order valence-corrected chi connectivity index (χ2v) is 5.93. The molecular weight excluding hydrogens is 224 g/mol. The average Bonchev–Trinajstić information content (AvgIpc) is 2.61. The lowest BCUT2D eigenvalue weighted by Crippen LogP contribution is -2.52. The van der Waals surface area contributed by atoms with Gasteiger partial charge in [0, 0.05) is 25.0 Å². The molecule has 1 aromatic rings. The molecule has 1 unspecified atom stereocenters. The third-order valence-corrected chi connectivity index (χ3v) is 4.32. The monoisotopic (exact) mass is 250 g/mol. The first-order valence-electron chi connectivity index (χ1n) is 7.01. The van der Waals surface area contributed by atoms with Gasteiger partial charge in [-0.05, 0) is 39.8 Å². The summed E-state index contributed by atoms with van der Waals surface area (Å²) in [5.41, 5.74) is 6.44. The molecule has 1 aliphatic heterocycles. The molecule has 102 valence electrons. The molecule has 0 aliphatic carbocycles. The molecule has 0 saturated carbocycles. The van der Waals surface area contributed by atoms with Gasteiger partial charge in [0.15, 0.2) is 0 Å². The number of hydrogen-bond donors (Lipinski definition) is 1. The van der Waals surface area contributed by atoms with E-state index in [9.17, 15) is 0 Å². The van der Waals surface area contributed by atoms with Crippen LogP contribution in [0.1, 0.15) is 51.4 Å². The van der Waals surface area contributed by atoms with Crippen LogP contribution in [0, 0.1) is 0 Å². The molecule has 4 heteroatoms. The molecule has 0 amide bonds. The number of nitrogens with two attached hydrogens (primary N) is 1. The zero-order chi connectivity index (χ0) is 13.2. The third kappa shape index (κ3) is 2.59. The summed E-state index contributed by atoms with van der Waals surface area (Å²) in [6.07, 6.45) is 9.07. The fourth-order valence-corrected chi connectivity index (χ4v) is 2.84. The average molecular weight is 250 g/mol. The molecule has 1 aliphatic rings. The summed E-state index contributed by atoms with van der Waals surface area (Å²) in [5, 5.41) is 0. The maximum atomic E-state index is 6.47. The highest BCUT2D eigenvalue weighted by Gasteiger charge is 2.36. The van der Waals surface area contributed by atoms with Gasteiger partial charge >= 0.3 is 0 Å². The lowest BCUT2D eigenvalue weighted by molar-refractivity contribution is 0.0941. The van der Waals surface area contributed by atoms with Crippen molar-refractivity contribution in [2.24, 2.45) is 12.8 Å². The Morgan fingerprint density at radius 1 is 1.22 bits per heavy atom. The van der Waals surface area contributed by atoms with Gasteiger partial charge in [-0.25, -0.2) is 4.98 Å². The number of aryl methyl sites for hydroxylation is 1. The summed E-state index contributed by atoms with van der Waals surface area (Å²) in [7, 11) is 2.01. The van der Waals surface area contributed by atoms with Crippen LogP contribution >= 0.6 is 0 Å². The van der Waals surface area contributed by atoms with Crippen molar-refractivity contribution in [3.8, 4) is 0 Å². The van der Waals surface area contributed by atoms with Gasteiger partial charge in [0.2, 0.25) is 0 Å². The van der Waals surface area contributed by atoms with Crippen LogP contribution in [-0.4, -0.2) is 33.1 Å². The van der Waals surface area contributed by atoms with E-state index in [0.717, 1.165) is 18.9 Å². The molecule has 1 saturated heterocycles. The fraction of sp³-hybridized carbons (Fsp3) is 0.786. The van der Waals surface area contributed by atoms with Crippen molar-refractivity contribution >= 4 is 0 Å². The molecule has 4 nitrogen and oxygen atoms in total. The van der Waals surface area contributed by atoms with Gasteiger partial charge < -0.3 is 10.3 Å². The van der Waals surface area contributed by atoms with Crippen molar-refractivity contribution in [1.82, 2.24) is 14.5 Å².